The first kappa shape index (κ1) is 9.70. The molecule has 0 aliphatic heterocycles. The maximum atomic E-state index is 5.29. The fourth-order valence-electron chi connectivity index (χ4n) is 0.640. The third-order valence-electron chi connectivity index (χ3n) is 1.45. The van der Waals surface area contributed by atoms with E-state index < -0.39 is 0 Å². The first-order valence-electron chi connectivity index (χ1n) is 4.05. The summed E-state index contributed by atoms with van der Waals surface area (Å²) < 4.78 is 5.29. The summed E-state index contributed by atoms with van der Waals surface area (Å²) >= 11 is 0. The molecule has 0 bridgehead atoms. The molecule has 0 aromatic heterocycles. The maximum Gasteiger partial charge on any atom is 0.0503 e. The van der Waals surface area contributed by atoms with Gasteiger partial charge in [-0.25, -0.2) is 0 Å². The van der Waals surface area contributed by atoms with Crippen LogP contribution in [0.2, 0.25) is 0 Å². The highest BCUT2D eigenvalue weighted by molar-refractivity contribution is 4.91. The predicted molar refractivity (Wildman–Crippen MR) is 45.2 cm³/mol. The molecule has 0 fully saturated rings. The molecule has 0 aromatic rings. The third-order valence-corrected chi connectivity index (χ3v) is 1.45. The number of hydrogen-bond donors (Lipinski definition) is 0. The third kappa shape index (κ3) is 5.83. The van der Waals surface area contributed by atoms with Crippen molar-refractivity contribution in [1.82, 2.24) is 0 Å². The van der Waals surface area contributed by atoms with Gasteiger partial charge in [0.25, 0.3) is 0 Å². The average molecular weight is 142 g/mol. The Morgan fingerprint density at radius 3 is 2.50 bits per heavy atom. The Bertz CT molecular complexity index is 86.7. The second-order valence-electron chi connectivity index (χ2n) is 2.47. The molecule has 0 spiro atoms. The Hall–Kier alpha value is -0.300. The van der Waals surface area contributed by atoms with Gasteiger partial charge in [0.15, 0.2) is 0 Å². The molecule has 0 radical (unpaired) electrons. The van der Waals surface area contributed by atoms with Crippen molar-refractivity contribution in [2.75, 3.05) is 13.2 Å². The van der Waals surface area contributed by atoms with E-state index >= 15 is 0 Å². The molecule has 0 amide bonds. The van der Waals surface area contributed by atoms with Crippen molar-refractivity contribution in [2.45, 2.75) is 33.1 Å². The van der Waals surface area contributed by atoms with E-state index in [4.69, 9.17) is 4.74 Å². The lowest BCUT2D eigenvalue weighted by Gasteiger charge is -2.02. The summed E-state index contributed by atoms with van der Waals surface area (Å²) in [7, 11) is 0. The Balaban J connectivity index is 2.96. The molecule has 0 aliphatic carbocycles. The second kappa shape index (κ2) is 6.81. The van der Waals surface area contributed by atoms with E-state index in [9.17, 15) is 0 Å². The molecule has 1 nitrogen and oxygen atoms in total. The van der Waals surface area contributed by atoms with Crippen LogP contribution in [0.15, 0.2) is 12.2 Å². The lowest BCUT2D eigenvalue weighted by Crippen LogP contribution is -1.96. The monoisotopic (exact) mass is 142 g/mol. The van der Waals surface area contributed by atoms with E-state index in [1.807, 2.05) is 0 Å². The molecule has 0 N–H and O–H groups in total. The molecule has 0 heterocycles. The zero-order valence-corrected chi connectivity index (χ0v) is 7.15. The fourth-order valence-corrected chi connectivity index (χ4v) is 0.640. The minimum absolute atomic E-state index is 0.848. The summed E-state index contributed by atoms with van der Waals surface area (Å²) in [5, 5.41) is 0. The number of hydrogen-bond acceptors (Lipinski definition) is 1. The highest BCUT2D eigenvalue weighted by Crippen LogP contribution is 2.02. The first-order chi connectivity index (χ1) is 4.81. The molecule has 0 aliphatic rings. The normalized spacial score (nSPS) is 9.80. The van der Waals surface area contributed by atoms with Crippen LogP contribution in [0.25, 0.3) is 0 Å². The van der Waals surface area contributed by atoms with Gasteiger partial charge in [-0.1, -0.05) is 26.0 Å². The van der Waals surface area contributed by atoms with Gasteiger partial charge in [-0.2, -0.15) is 0 Å². The van der Waals surface area contributed by atoms with Gasteiger partial charge in [0.1, 0.15) is 0 Å². The maximum absolute atomic E-state index is 5.29. The molecule has 60 valence electrons. The molecule has 0 unspecified atom stereocenters. The summed E-state index contributed by atoms with van der Waals surface area (Å²) in [6.07, 6.45) is 3.21. The lowest BCUT2D eigenvalue weighted by atomic mass is 10.2. The Morgan fingerprint density at radius 2 is 2.00 bits per heavy atom. The fraction of sp³-hybridized carbons (Fsp3) is 0.778. The van der Waals surface area contributed by atoms with Crippen LogP contribution in [0.1, 0.15) is 33.1 Å². The van der Waals surface area contributed by atoms with Crippen LogP contribution >= 0.6 is 0 Å². The Kier molecular flexibility index (Phi) is 6.61. The van der Waals surface area contributed by atoms with Crippen LogP contribution in [0.3, 0.4) is 0 Å². The van der Waals surface area contributed by atoms with Crippen LogP contribution in [0.5, 0.6) is 0 Å². The van der Waals surface area contributed by atoms with Crippen LogP contribution < -0.4 is 0 Å². The van der Waals surface area contributed by atoms with Crippen LogP contribution in [0.4, 0.5) is 0 Å². The molecule has 10 heavy (non-hydrogen) atoms. The Morgan fingerprint density at radius 1 is 1.30 bits per heavy atom. The highest BCUT2D eigenvalue weighted by atomic mass is 16.5. The highest BCUT2D eigenvalue weighted by Gasteiger charge is 1.89. The zero-order chi connectivity index (χ0) is 7.82. The summed E-state index contributed by atoms with van der Waals surface area (Å²) in [5.74, 6) is 0. The van der Waals surface area contributed by atoms with Gasteiger partial charge in [0.05, 0.1) is 6.61 Å². The van der Waals surface area contributed by atoms with E-state index in [-0.39, 0.29) is 0 Å². The van der Waals surface area contributed by atoms with E-state index in [0.717, 1.165) is 32.5 Å². The predicted octanol–water partition coefficient (Wildman–Crippen LogP) is 2.77. The summed E-state index contributed by atoms with van der Waals surface area (Å²) in [5.41, 5.74) is 1.29. The minimum Gasteiger partial charge on any atom is -0.381 e. The summed E-state index contributed by atoms with van der Waals surface area (Å²) in [6.45, 7) is 9.87. The largest absolute Gasteiger partial charge is 0.381 e. The van der Waals surface area contributed by atoms with E-state index in [1.165, 1.54) is 5.57 Å². The SMILES string of the molecule is C=C(CC)CCOCCC. The van der Waals surface area contributed by atoms with Gasteiger partial charge < -0.3 is 4.74 Å². The summed E-state index contributed by atoms with van der Waals surface area (Å²) in [4.78, 5) is 0. The minimum atomic E-state index is 0.848. The first-order valence-corrected chi connectivity index (χ1v) is 4.05. The second-order valence-corrected chi connectivity index (χ2v) is 2.47. The molecule has 0 saturated carbocycles. The molecular weight excluding hydrogens is 124 g/mol. The van der Waals surface area contributed by atoms with Gasteiger partial charge in [0.2, 0.25) is 0 Å². The molecule has 0 atom stereocenters. The summed E-state index contributed by atoms with van der Waals surface area (Å²) in [6, 6.07) is 0. The molecule has 1 heteroatoms. The van der Waals surface area contributed by atoms with E-state index in [2.05, 4.69) is 20.4 Å². The van der Waals surface area contributed by atoms with Crippen molar-refractivity contribution < 1.29 is 4.74 Å². The smallest absolute Gasteiger partial charge is 0.0503 e. The van der Waals surface area contributed by atoms with Gasteiger partial charge in [-0.15, -0.1) is 0 Å². The van der Waals surface area contributed by atoms with Gasteiger partial charge in [-0.3, -0.25) is 0 Å². The molecule has 0 rings (SSSR count). The van der Waals surface area contributed by atoms with Gasteiger partial charge >= 0.3 is 0 Å². The van der Waals surface area contributed by atoms with Gasteiger partial charge in [0, 0.05) is 6.61 Å². The Labute approximate surface area is 64.1 Å². The zero-order valence-electron chi connectivity index (χ0n) is 7.15. The van der Waals surface area contributed by atoms with Crippen molar-refractivity contribution in [3.63, 3.8) is 0 Å². The van der Waals surface area contributed by atoms with Crippen LogP contribution in [-0.2, 0) is 4.74 Å². The van der Waals surface area contributed by atoms with Crippen molar-refractivity contribution in [3.8, 4) is 0 Å². The van der Waals surface area contributed by atoms with E-state index in [1.54, 1.807) is 0 Å². The van der Waals surface area contributed by atoms with Crippen molar-refractivity contribution in [2.24, 2.45) is 0 Å². The molecular formula is C9H18O. The van der Waals surface area contributed by atoms with Crippen molar-refractivity contribution in [3.05, 3.63) is 12.2 Å². The molecule has 0 saturated heterocycles. The average Bonchev–Trinajstić information content (AvgIpc) is 1.98. The van der Waals surface area contributed by atoms with Crippen molar-refractivity contribution >= 4 is 0 Å². The van der Waals surface area contributed by atoms with E-state index in [0.29, 0.717) is 0 Å². The number of rotatable bonds is 6. The number of ether oxygens (including phenoxy) is 1. The quantitative estimate of drug-likeness (QED) is 0.409. The lowest BCUT2D eigenvalue weighted by molar-refractivity contribution is 0.137. The van der Waals surface area contributed by atoms with Crippen molar-refractivity contribution in [1.29, 1.82) is 0 Å². The van der Waals surface area contributed by atoms with Gasteiger partial charge in [-0.05, 0) is 19.3 Å². The van der Waals surface area contributed by atoms with Crippen LogP contribution in [0, 0.1) is 0 Å². The molecule has 0 aromatic carbocycles. The standard InChI is InChI=1S/C9H18O/c1-4-7-10-8-6-9(3)5-2/h3-8H2,1-2H3. The van der Waals surface area contributed by atoms with Crippen LogP contribution in [-0.4, -0.2) is 13.2 Å². The topological polar surface area (TPSA) is 9.23 Å².